The lowest BCUT2D eigenvalue weighted by atomic mass is 10.2. The fraction of sp³-hybridized carbons (Fsp3) is 0.625. The number of hydrogen-bond acceptors (Lipinski definition) is 1. The molecule has 1 aromatic heterocycles. The molecule has 4 heteroatoms. The summed E-state index contributed by atoms with van der Waals surface area (Å²) in [5.41, 5.74) is -0.119. The first-order chi connectivity index (χ1) is 5.41. The van der Waals surface area contributed by atoms with Crippen LogP contribution in [-0.4, -0.2) is 9.97 Å². The van der Waals surface area contributed by atoms with Crippen LogP contribution in [0.4, 0.5) is 8.78 Å². The quantitative estimate of drug-likeness (QED) is 0.733. The van der Waals surface area contributed by atoms with Gasteiger partial charge in [-0.05, 0) is 0 Å². The highest BCUT2D eigenvalue weighted by molar-refractivity contribution is 5.08. The number of H-pyrrole nitrogens is 1. The Hall–Kier alpha value is -0.930. The predicted molar refractivity (Wildman–Crippen MR) is 42.2 cm³/mol. The summed E-state index contributed by atoms with van der Waals surface area (Å²) in [5.74, 6) is -2.06. The Bertz CT molecular complexity index is 260. The summed E-state index contributed by atoms with van der Waals surface area (Å²) >= 11 is 0. The summed E-state index contributed by atoms with van der Waals surface area (Å²) in [4.78, 5) is 6.44. The van der Waals surface area contributed by atoms with Crippen LogP contribution in [0.15, 0.2) is 6.20 Å². The fourth-order valence-corrected chi connectivity index (χ4v) is 0.853. The van der Waals surface area contributed by atoms with Crippen LogP contribution in [0.5, 0.6) is 0 Å². The normalized spacial score (nSPS) is 12.5. The van der Waals surface area contributed by atoms with Crippen LogP contribution < -0.4 is 0 Å². The molecule has 2 nitrogen and oxygen atoms in total. The van der Waals surface area contributed by atoms with Crippen molar-refractivity contribution < 1.29 is 8.78 Å². The summed E-state index contributed by atoms with van der Waals surface area (Å²) in [5, 5.41) is 0. The molecule has 0 radical (unpaired) electrons. The van der Waals surface area contributed by atoms with E-state index in [-0.39, 0.29) is 11.6 Å². The van der Waals surface area contributed by atoms with Gasteiger partial charge < -0.3 is 4.98 Å². The molecule has 12 heavy (non-hydrogen) atoms. The summed E-state index contributed by atoms with van der Waals surface area (Å²) in [7, 11) is 0. The Labute approximate surface area is 70.0 Å². The molecule has 0 aliphatic carbocycles. The first-order valence-electron chi connectivity index (χ1n) is 3.84. The Morgan fingerprint density at radius 1 is 1.50 bits per heavy atom. The molecule has 0 aliphatic heterocycles. The van der Waals surface area contributed by atoms with E-state index in [0.717, 1.165) is 6.92 Å². The Morgan fingerprint density at radius 2 is 2.08 bits per heavy atom. The van der Waals surface area contributed by atoms with Gasteiger partial charge in [0.15, 0.2) is 0 Å². The summed E-state index contributed by atoms with van der Waals surface area (Å²) in [6, 6.07) is 0. The van der Waals surface area contributed by atoms with Gasteiger partial charge in [-0.15, -0.1) is 0 Å². The van der Waals surface area contributed by atoms with Crippen LogP contribution in [-0.2, 0) is 5.92 Å². The minimum Gasteiger partial charge on any atom is -0.341 e. The van der Waals surface area contributed by atoms with Crippen molar-refractivity contribution in [3.63, 3.8) is 0 Å². The second kappa shape index (κ2) is 2.84. The molecule has 1 aromatic rings. The summed E-state index contributed by atoms with van der Waals surface area (Å²) in [6.07, 6.45) is 1.19. The van der Waals surface area contributed by atoms with Gasteiger partial charge in [0.1, 0.15) is 11.5 Å². The van der Waals surface area contributed by atoms with Crippen LogP contribution >= 0.6 is 0 Å². The largest absolute Gasteiger partial charge is 0.341 e. The van der Waals surface area contributed by atoms with Crippen molar-refractivity contribution in [2.75, 3.05) is 0 Å². The molecule has 0 spiro atoms. The number of aromatic amines is 1. The van der Waals surface area contributed by atoms with E-state index >= 15 is 0 Å². The first-order valence-corrected chi connectivity index (χ1v) is 3.84. The van der Waals surface area contributed by atoms with E-state index in [0.29, 0.717) is 5.82 Å². The van der Waals surface area contributed by atoms with Gasteiger partial charge in [-0.2, -0.15) is 8.78 Å². The highest BCUT2D eigenvalue weighted by atomic mass is 19.3. The minimum atomic E-state index is -2.82. The fourth-order valence-electron chi connectivity index (χ4n) is 0.853. The van der Waals surface area contributed by atoms with E-state index in [1.165, 1.54) is 6.20 Å². The Kier molecular flexibility index (Phi) is 2.17. The average molecular weight is 174 g/mol. The molecule has 0 saturated carbocycles. The number of hydrogen-bond donors (Lipinski definition) is 1. The van der Waals surface area contributed by atoms with Crippen molar-refractivity contribution in [3.8, 4) is 0 Å². The monoisotopic (exact) mass is 174 g/mol. The number of halogens is 2. The van der Waals surface area contributed by atoms with Crippen LogP contribution in [0.25, 0.3) is 0 Å². The molecule has 0 aliphatic rings. The van der Waals surface area contributed by atoms with Gasteiger partial charge >= 0.3 is 0 Å². The van der Waals surface area contributed by atoms with E-state index in [1.54, 1.807) is 0 Å². The van der Waals surface area contributed by atoms with Crippen LogP contribution in [0.3, 0.4) is 0 Å². The molecule has 1 N–H and O–H groups in total. The highest BCUT2D eigenvalue weighted by Crippen LogP contribution is 2.25. The lowest BCUT2D eigenvalue weighted by molar-refractivity contribution is 0.0131. The molecular formula is C8H12F2N2. The second-order valence-electron chi connectivity index (χ2n) is 3.23. The van der Waals surface area contributed by atoms with Crippen molar-refractivity contribution in [1.29, 1.82) is 0 Å². The number of nitrogens with zero attached hydrogens (tertiary/aromatic N) is 1. The molecule has 0 fully saturated rings. The molecule has 0 unspecified atom stereocenters. The molecule has 0 bridgehead atoms. The van der Waals surface area contributed by atoms with Crippen molar-refractivity contribution in [3.05, 3.63) is 17.7 Å². The molecule has 1 rings (SSSR count). The van der Waals surface area contributed by atoms with Gasteiger partial charge in [-0.3, -0.25) is 0 Å². The smallest absolute Gasteiger partial charge is 0.286 e. The van der Waals surface area contributed by atoms with E-state index in [9.17, 15) is 8.78 Å². The maximum atomic E-state index is 12.7. The maximum Gasteiger partial charge on any atom is 0.286 e. The van der Waals surface area contributed by atoms with Crippen LogP contribution in [0.1, 0.15) is 38.2 Å². The van der Waals surface area contributed by atoms with Crippen molar-refractivity contribution >= 4 is 0 Å². The van der Waals surface area contributed by atoms with Crippen LogP contribution in [0.2, 0.25) is 0 Å². The van der Waals surface area contributed by atoms with Gasteiger partial charge in [0, 0.05) is 12.8 Å². The molecule has 0 saturated heterocycles. The van der Waals surface area contributed by atoms with Crippen molar-refractivity contribution in [1.82, 2.24) is 9.97 Å². The summed E-state index contributed by atoms with van der Waals surface area (Å²) in [6.45, 7) is 4.65. The standard InChI is InChI=1S/C8H12F2N2/c1-5(2)7-11-4-6(12-7)8(3,9)10/h4-5H,1-3H3,(H,11,12). The van der Waals surface area contributed by atoms with Gasteiger partial charge in [-0.1, -0.05) is 13.8 Å². The zero-order valence-corrected chi connectivity index (χ0v) is 7.36. The maximum absolute atomic E-state index is 12.7. The predicted octanol–water partition coefficient (Wildman–Crippen LogP) is 2.64. The van der Waals surface area contributed by atoms with Crippen LogP contribution in [0, 0.1) is 0 Å². The van der Waals surface area contributed by atoms with Gasteiger partial charge in [0.2, 0.25) is 0 Å². The van der Waals surface area contributed by atoms with E-state index in [2.05, 4.69) is 9.97 Å². The third-order valence-corrected chi connectivity index (χ3v) is 1.62. The molecule has 0 atom stereocenters. The highest BCUT2D eigenvalue weighted by Gasteiger charge is 2.26. The number of nitrogens with one attached hydrogen (secondary N) is 1. The van der Waals surface area contributed by atoms with E-state index in [4.69, 9.17) is 0 Å². The third-order valence-electron chi connectivity index (χ3n) is 1.62. The van der Waals surface area contributed by atoms with E-state index in [1.807, 2.05) is 13.8 Å². The summed E-state index contributed by atoms with van der Waals surface area (Å²) < 4.78 is 25.3. The Morgan fingerprint density at radius 3 is 2.33 bits per heavy atom. The number of alkyl halides is 2. The lowest BCUT2D eigenvalue weighted by Gasteiger charge is -2.06. The Balaban J connectivity index is 2.92. The molecule has 0 amide bonds. The first kappa shape index (κ1) is 9.16. The number of aromatic nitrogens is 2. The number of imidazole rings is 1. The molecule has 1 heterocycles. The third kappa shape index (κ3) is 1.81. The van der Waals surface area contributed by atoms with Gasteiger partial charge in [-0.25, -0.2) is 4.98 Å². The van der Waals surface area contributed by atoms with Crippen molar-refractivity contribution in [2.45, 2.75) is 32.6 Å². The minimum absolute atomic E-state index is 0.119. The van der Waals surface area contributed by atoms with Crippen molar-refractivity contribution in [2.24, 2.45) is 0 Å². The van der Waals surface area contributed by atoms with E-state index < -0.39 is 5.92 Å². The second-order valence-corrected chi connectivity index (χ2v) is 3.23. The average Bonchev–Trinajstić information content (AvgIpc) is 2.30. The van der Waals surface area contributed by atoms with Gasteiger partial charge in [0.05, 0.1) is 6.20 Å². The zero-order chi connectivity index (χ0) is 9.35. The lowest BCUT2D eigenvalue weighted by Crippen LogP contribution is -2.07. The molecule has 0 aromatic carbocycles. The number of rotatable bonds is 2. The topological polar surface area (TPSA) is 28.7 Å². The zero-order valence-electron chi connectivity index (χ0n) is 7.36. The molecule has 68 valence electrons. The molecular weight excluding hydrogens is 162 g/mol. The van der Waals surface area contributed by atoms with Gasteiger partial charge in [0.25, 0.3) is 5.92 Å². The SMILES string of the molecule is CC(C)c1ncc(C(C)(F)F)[nH]1.